The Hall–Kier alpha value is -3.95. The van der Waals surface area contributed by atoms with Crippen LogP contribution in [0.2, 0.25) is 0 Å². The number of ether oxygens (including phenoxy) is 3. The van der Waals surface area contributed by atoms with E-state index in [1.807, 2.05) is 61.1 Å². The van der Waals surface area contributed by atoms with Crippen LogP contribution in [0.25, 0.3) is 17.2 Å². The van der Waals surface area contributed by atoms with Crippen LogP contribution < -0.4 is 25.0 Å². The summed E-state index contributed by atoms with van der Waals surface area (Å²) in [5.74, 6) is 1.24. The van der Waals surface area contributed by atoms with E-state index in [4.69, 9.17) is 14.2 Å². The minimum Gasteiger partial charge on any atom is -0.497 e. The van der Waals surface area contributed by atoms with Gasteiger partial charge >= 0.3 is 7.12 Å². The summed E-state index contributed by atoms with van der Waals surface area (Å²) >= 11 is 0. The molecule has 3 aromatic rings. The molecule has 37 heavy (non-hydrogen) atoms. The zero-order valence-electron chi connectivity index (χ0n) is 21.7. The molecule has 0 bridgehead atoms. The van der Waals surface area contributed by atoms with Crippen LogP contribution in [0.1, 0.15) is 35.7 Å². The normalized spacial score (nSPS) is 13.5. The van der Waals surface area contributed by atoms with E-state index in [1.165, 1.54) is 14.2 Å². The van der Waals surface area contributed by atoms with E-state index < -0.39 is 7.12 Å². The van der Waals surface area contributed by atoms with Crippen LogP contribution >= 0.6 is 0 Å². The lowest BCUT2D eigenvalue weighted by Gasteiger charge is -2.14. The first kappa shape index (κ1) is 26.1. The van der Waals surface area contributed by atoms with Crippen molar-refractivity contribution in [2.24, 2.45) is 7.05 Å². The molecule has 0 atom stereocenters. The molecule has 1 aromatic heterocycles. The van der Waals surface area contributed by atoms with Crippen molar-refractivity contribution in [1.82, 2.24) is 9.88 Å². The number of carbonyl (C=O) groups excluding carboxylic acids is 1. The molecule has 192 valence electrons. The lowest BCUT2D eigenvalue weighted by atomic mass is 9.78. The summed E-state index contributed by atoms with van der Waals surface area (Å²) in [5.41, 5.74) is 6.70. The van der Waals surface area contributed by atoms with Gasteiger partial charge in [-0.25, -0.2) is 0 Å². The van der Waals surface area contributed by atoms with Gasteiger partial charge in [-0.15, -0.1) is 0 Å². The van der Waals surface area contributed by atoms with Gasteiger partial charge in [0.2, 0.25) is 5.91 Å². The van der Waals surface area contributed by atoms with Gasteiger partial charge in [0.05, 0.1) is 39.8 Å². The lowest BCUT2D eigenvalue weighted by Crippen LogP contribution is -2.32. The maximum atomic E-state index is 13.0. The molecule has 1 amide bonds. The predicted octanol–water partition coefficient (Wildman–Crippen LogP) is 2.76. The highest BCUT2D eigenvalue weighted by Crippen LogP contribution is 2.45. The molecule has 1 heterocycles. The Bertz CT molecular complexity index is 1360. The molecule has 1 aliphatic rings. The van der Waals surface area contributed by atoms with Crippen molar-refractivity contribution in [3.05, 3.63) is 76.6 Å². The van der Waals surface area contributed by atoms with Crippen molar-refractivity contribution >= 4 is 35.7 Å². The standard InChI is InChI=1S/C28H31BN2O6/c1-17-22(11-18-12-25(36-4)28(29(33)34)26(13-18)37-5)21-9-8-20(35-3)14-24(21)23(17)15-27(32)30-16-19-7-6-10-31(19)2/h6-14,33-34H,15-16H2,1-5H3,(H,30,32). The Morgan fingerprint density at radius 1 is 1.03 bits per heavy atom. The summed E-state index contributed by atoms with van der Waals surface area (Å²) in [5, 5.41) is 22.6. The predicted molar refractivity (Wildman–Crippen MR) is 145 cm³/mol. The molecule has 0 saturated heterocycles. The average molecular weight is 502 g/mol. The number of aromatic nitrogens is 1. The number of hydrogen-bond donors (Lipinski definition) is 3. The Balaban J connectivity index is 1.73. The molecule has 1 aliphatic carbocycles. The average Bonchev–Trinajstić information content (AvgIpc) is 3.42. The number of benzene rings is 2. The molecule has 0 saturated carbocycles. The maximum absolute atomic E-state index is 13.0. The maximum Gasteiger partial charge on any atom is 0.496 e. The van der Waals surface area contributed by atoms with Crippen LogP contribution in [-0.2, 0) is 18.4 Å². The molecule has 8 nitrogen and oxygen atoms in total. The Morgan fingerprint density at radius 2 is 1.73 bits per heavy atom. The zero-order chi connectivity index (χ0) is 26.7. The van der Waals surface area contributed by atoms with Crippen molar-refractivity contribution in [2.75, 3.05) is 21.3 Å². The van der Waals surface area contributed by atoms with Gasteiger partial charge in [0.1, 0.15) is 17.2 Å². The van der Waals surface area contributed by atoms with E-state index in [2.05, 4.69) is 5.32 Å². The third-order valence-corrected chi connectivity index (χ3v) is 6.69. The van der Waals surface area contributed by atoms with E-state index in [1.54, 1.807) is 19.2 Å². The molecule has 0 fully saturated rings. The van der Waals surface area contributed by atoms with Crippen LogP contribution in [-0.4, -0.2) is 49.0 Å². The summed E-state index contributed by atoms with van der Waals surface area (Å²) < 4.78 is 18.3. The molecular weight excluding hydrogens is 471 g/mol. The fourth-order valence-corrected chi connectivity index (χ4v) is 4.67. The SMILES string of the molecule is COc1ccc2c(c1)C(CC(=O)NCc1cccn1C)=C(C)C2=Cc1cc(OC)c(B(O)O)c(OC)c1. The van der Waals surface area contributed by atoms with Gasteiger partial charge < -0.3 is 34.1 Å². The fourth-order valence-electron chi connectivity index (χ4n) is 4.67. The van der Waals surface area contributed by atoms with Gasteiger partial charge in [-0.2, -0.15) is 0 Å². The van der Waals surface area contributed by atoms with E-state index in [0.717, 1.165) is 39.1 Å². The van der Waals surface area contributed by atoms with E-state index >= 15 is 0 Å². The van der Waals surface area contributed by atoms with Crippen molar-refractivity contribution in [1.29, 1.82) is 0 Å². The molecule has 0 radical (unpaired) electrons. The van der Waals surface area contributed by atoms with Gasteiger partial charge in [-0.1, -0.05) is 6.07 Å². The number of methoxy groups -OCH3 is 3. The van der Waals surface area contributed by atoms with Gasteiger partial charge in [-0.3, -0.25) is 4.79 Å². The number of fused-ring (bicyclic) bond motifs is 1. The molecular formula is C28H31BN2O6. The zero-order valence-corrected chi connectivity index (χ0v) is 21.7. The fraction of sp³-hybridized carbons (Fsp3) is 0.250. The summed E-state index contributed by atoms with van der Waals surface area (Å²) in [6.07, 6.45) is 4.15. The first-order chi connectivity index (χ1) is 17.8. The third kappa shape index (κ3) is 5.28. The van der Waals surface area contributed by atoms with Crippen molar-refractivity contribution in [2.45, 2.75) is 19.9 Å². The first-order valence-electron chi connectivity index (χ1n) is 11.9. The second-order valence-corrected chi connectivity index (χ2v) is 8.85. The minimum atomic E-state index is -1.74. The van der Waals surface area contributed by atoms with Gasteiger partial charge in [0, 0.05) is 18.9 Å². The number of nitrogens with zero attached hydrogens (tertiary/aromatic N) is 1. The molecule has 4 rings (SSSR count). The Labute approximate surface area is 216 Å². The summed E-state index contributed by atoms with van der Waals surface area (Å²) in [6.45, 7) is 2.45. The monoisotopic (exact) mass is 502 g/mol. The van der Waals surface area contributed by atoms with Gasteiger partial charge in [0.25, 0.3) is 0 Å². The number of hydrogen-bond acceptors (Lipinski definition) is 6. The van der Waals surface area contributed by atoms with Crippen molar-refractivity contribution < 1.29 is 29.1 Å². The van der Waals surface area contributed by atoms with E-state index in [9.17, 15) is 14.8 Å². The first-order valence-corrected chi connectivity index (χ1v) is 11.9. The van der Waals surface area contributed by atoms with Crippen LogP contribution in [0.4, 0.5) is 0 Å². The molecule has 2 aromatic carbocycles. The van der Waals surface area contributed by atoms with Gasteiger partial charge in [-0.05, 0) is 82.8 Å². The highest BCUT2D eigenvalue weighted by molar-refractivity contribution is 6.61. The lowest BCUT2D eigenvalue weighted by molar-refractivity contribution is -0.120. The molecule has 0 unspecified atom stereocenters. The van der Waals surface area contributed by atoms with Crippen molar-refractivity contribution in [3.63, 3.8) is 0 Å². The Kier molecular flexibility index (Phi) is 7.76. The molecule has 9 heteroatoms. The second kappa shape index (κ2) is 11.0. The highest BCUT2D eigenvalue weighted by atomic mass is 16.5. The molecule has 3 N–H and O–H groups in total. The topological polar surface area (TPSA) is 102 Å². The van der Waals surface area contributed by atoms with Gasteiger partial charge in [0.15, 0.2) is 0 Å². The van der Waals surface area contributed by atoms with E-state index in [0.29, 0.717) is 23.8 Å². The number of carbonyl (C=O) groups is 1. The largest absolute Gasteiger partial charge is 0.497 e. The Morgan fingerprint density at radius 3 is 2.30 bits per heavy atom. The van der Waals surface area contributed by atoms with Crippen LogP contribution in [0, 0.1) is 0 Å². The molecule has 0 spiro atoms. The van der Waals surface area contributed by atoms with Crippen LogP contribution in [0.15, 0.2) is 54.2 Å². The second-order valence-electron chi connectivity index (χ2n) is 8.85. The number of aryl methyl sites for hydroxylation is 1. The van der Waals surface area contributed by atoms with Crippen LogP contribution in [0.5, 0.6) is 17.2 Å². The number of allylic oxidation sites excluding steroid dienone is 2. The summed E-state index contributed by atoms with van der Waals surface area (Å²) in [6, 6.07) is 13.2. The molecule has 0 aliphatic heterocycles. The van der Waals surface area contributed by atoms with E-state index in [-0.39, 0.29) is 17.8 Å². The quantitative estimate of drug-likeness (QED) is 0.389. The number of nitrogens with one attached hydrogen (secondary N) is 1. The summed E-state index contributed by atoms with van der Waals surface area (Å²) in [4.78, 5) is 13.0. The summed E-state index contributed by atoms with van der Waals surface area (Å²) in [7, 11) is 4.75. The minimum absolute atomic E-state index is 0.0739. The smallest absolute Gasteiger partial charge is 0.496 e. The number of rotatable bonds is 9. The highest BCUT2D eigenvalue weighted by Gasteiger charge is 2.27. The number of amides is 1. The third-order valence-electron chi connectivity index (χ3n) is 6.69. The van der Waals surface area contributed by atoms with Crippen molar-refractivity contribution in [3.8, 4) is 17.2 Å². The van der Waals surface area contributed by atoms with Crippen LogP contribution in [0.3, 0.4) is 0 Å².